The van der Waals surface area contributed by atoms with Crippen molar-refractivity contribution >= 4 is 39.3 Å². The number of hydrogen-bond donors (Lipinski definition) is 1. The molecule has 0 bridgehead atoms. The minimum Gasteiger partial charge on any atom is -0.440 e. The molecule has 0 atom stereocenters. The molecule has 0 aliphatic carbocycles. The lowest BCUT2D eigenvalue weighted by Crippen LogP contribution is -2.23. The highest BCUT2D eigenvalue weighted by molar-refractivity contribution is 9.10. The summed E-state index contributed by atoms with van der Waals surface area (Å²) in [5.41, 5.74) is 0.227. The van der Waals surface area contributed by atoms with Gasteiger partial charge in [-0.3, -0.25) is 5.32 Å². The van der Waals surface area contributed by atoms with E-state index in [-0.39, 0.29) is 5.69 Å². The third-order valence-electron chi connectivity index (χ3n) is 1.53. The van der Waals surface area contributed by atoms with E-state index in [1.807, 2.05) is 0 Å². The summed E-state index contributed by atoms with van der Waals surface area (Å²) in [4.78, 5) is 11.0. The SMILES string of the molecule is O=C(Nc1cc(Cl)ccc1Br)OCC(F)(F)F. The normalized spacial score (nSPS) is 11.1. The van der Waals surface area contributed by atoms with E-state index in [0.29, 0.717) is 9.50 Å². The van der Waals surface area contributed by atoms with Gasteiger partial charge in [0.05, 0.1) is 5.69 Å². The number of nitrogens with one attached hydrogen (secondary N) is 1. The fourth-order valence-corrected chi connectivity index (χ4v) is 1.40. The lowest BCUT2D eigenvalue weighted by atomic mass is 10.3. The quantitative estimate of drug-likeness (QED) is 0.881. The Balaban J connectivity index is 2.59. The van der Waals surface area contributed by atoms with Crippen LogP contribution in [0.4, 0.5) is 23.7 Å². The molecular weight excluding hydrogens is 326 g/mol. The maximum atomic E-state index is 11.8. The standard InChI is InChI=1S/C9H6BrClF3NO2/c10-6-2-1-5(11)3-7(6)15-8(16)17-4-9(12,13)14/h1-3H,4H2,(H,15,16). The lowest BCUT2D eigenvalue weighted by Gasteiger charge is -2.10. The summed E-state index contributed by atoms with van der Waals surface area (Å²) in [6.07, 6.45) is -5.76. The Bertz CT molecular complexity index is 425. The van der Waals surface area contributed by atoms with E-state index in [1.54, 1.807) is 12.1 Å². The molecule has 1 aromatic carbocycles. The van der Waals surface area contributed by atoms with Crippen molar-refractivity contribution in [1.82, 2.24) is 0 Å². The molecule has 0 heterocycles. The highest BCUT2D eigenvalue weighted by atomic mass is 79.9. The molecular formula is C9H6BrClF3NO2. The molecule has 17 heavy (non-hydrogen) atoms. The van der Waals surface area contributed by atoms with Crippen molar-refractivity contribution in [3.05, 3.63) is 27.7 Å². The fourth-order valence-electron chi connectivity index (χ4n) is 0.887. The summed E-state index contributed by atoms with van der Waals surface area (Å²) in [6, 6.07) is 4.47. The third-order valence-corrected chi connectivity index (χ3v) is 2.46. The van der Waals surface area contributed by atoms with Gasteiger partial charge in [0, 0.05) is 9.50 Å². The van der Waals surface area contributed by atoms with Crippen LogP contribution in [0.5, 0.6) is 0 Å². The summed E-state index contributed by atoms with van der Waals surface area (Å²) in [6.45, 7) is -1.64. The van der Waals surface area contributed by atoms with E-state index >= 15 is 0 Å². The second-order valence-electron chi connectivity index (χ2n) is 2.94. The predicted octanol–water partition coefficient (Wildman–Crippen LogP) is 4.21. The highest BCUT2D eigenvalue weighted by Crippen LogP contribution is 2.26. The van der Waals surface area contributed by atoms with Crippen molar-refractivity contribution in [2.24, 2.45) is 0 Å². The van der Waals surface area contributed by atoms with Gasteiger partial charge < -0.3 is 4.74 Å². The van der Waals surface area contributed by atoms with Crippen molar-refractivity contribution in [3.63, 3.8) is 0 Å². The Kier molecular flexibility index (Phi) is 4.64. The average molecular weight is 333 g/mol. The van der Waals surface area contributed by atoms with Crippen LogP contribution < -0.4 is 5.32 Å². The third kappa shape index (κ3) is 5.27. The van der Waals surface area contributed by atoms with Crippen LogP contribution in [0.3, 0.4) is 0 Å². The summed E-state index contributed by atoms with van der Waals surface area (Å²) < 4.78 is 39.7. The van der Waals surface area contributed by atoms with Gasteiger partial charge in [0.1, 0.15) is 0 Å². The van der Waals surface area contributed by atoms with Crippen LogP contribution in [-0.4, -0.2) is 18.9 Å². The zero-order valence-corrected chi connectivity index (χ0v) is 10.5. The van der Waals surface area contributed by atoms with E-state index in [2.05, 4.69) is 26.0 Å². The molecule has 0 aliphatic heterocycles. The summed E-state index contributed by atoms with van der Waals surface area (Å²) in [7, 11) is 0. The Morgan fingerprint density at radius 3 is 2.71 bits per heavy atom. The largest absolute Gasteiger partial charge is 0.440 e. The number of rotatable bonds is 2. The van der Waals surface area contributed by atoms with E-state index in [9.17, 15) is 18.0 Å². The van der Waals surface area contributed by atoms with Gasteiger partial charge >= 0.3 is 12.3 Å². The van der Waals surface area contributed by atoms with Crippen molar-refractivity contribution in [1.29, 1.82) is 0 Å². The minimum absolute atomic E-state index is 0.227. The number of carbonyl (C=O) groups excluding carboxylic acids is 1. The first-order chi connectivity index (χ1) is 7.78. The number of benzene rings is 1. The van der Waals surface area contributed by atoms with Crippen LogP contribution in [0.2, 0.25) is 5.02 Å². The molecule has 94 valence electrons. The molecule has 1 N–H and O–H groups in total. The number of carbonyl (C=O) groups is 1. The summed E-state index contributed by atoms with van der Waals surface area (Å²) >= 11 is 8.76. The van der Waals surface area contributed by atoms with Gasteiger partial charge in [0.15, 0.2) is 6.61 Å². The molecule has 0 aliphatic rings. The fraction of sp³-hybridized carbons (Fsp3) is 0.222. The molecule has 1 amide bonds. The molecule has 0 aromatic heterocycles. The molecule has 0 saturated heterocycles. The van der Waals surface area contributed by atoms with Crippen LogP contribution in [0.15, 0.2) is 22.7 Å². The Morgan fingerprint density at radius 1 is 1.47 bits per heavy atom. The van der Waals surface area contributed by atoms with Crippen LogP contribution in [-0.2, 0) is 4.74 Å². The molecule has 1 rings (SSSR count). The van der Waals surface area contributed by atoms with Crippen molar-refractivity contribution in [2.45, 2.75) is 6.18 Å². The molecule has 8 heteroatoms. The zero-order valence-electron chi connectivity index (χ0n) is 8.15. The van der Waals surface area contributed by atoms with Crippen LogP contribution in [0, 0.1) is 0 Å². The Morgan fingerprint density at radius 2 is 2.12 bits per heavy atom. The number of alkyl halides is 3. The minimum atomic E-state index is -4.55. The topological polar surface area (TPSA) is 38.3 Å². The van der Waals surface area contributed by atoms with Gasteiger partial charge in [-0.1, -0.05) is 11.6 Å². The van der Waals surface area contributed by atoms with Crippen molar-refractivity contribution in [3.8, 4) is 0 Å². The lowest BCUT2D eigenvalue weighted by molar-refractivity contribution is -0.159. The zero-order chi connectivity index (χ0) is 13.1. The van der Waals surface area contributed by atoms with Gasteiger partial charge in [0.25, 0.3) is 0 Å². The number of anilines is 1. The second-order valence-corrected chi connectivity index (χ2v) is 4.23. The Hall–Kier alpha value is -0.950. The number of ether oxygens (including phenoxy) is 1. The number of amides is 1. The van der Waals surface area contributed by atoms with E-state index in [0.717, 1.165) is 0 Å². The first-order valence-corrected chi connectivity index (χ1v) is 5.40. The average Bonchev–Trinajstić information content (AvgIpc) is 2.20. The molecule has 0 radical (unpaired) electrons. The smallest absolute Gasteiger partial charge is 0.422 e. The van der Waals surface area contributed by atoms with Gasteiger partial charge in [-0.15, -0.1) is 0 Å². The van der Waals surface area contributed by atoms with Crippen molar-refractivity contribution in [2.75, 3.05) is 11.9 Å². The van der Waals surface area contributed by atoms with Gasteiger partial charge in [-0.25, -0.2) is 4.79 Å². The summed E-state index contributed by atoms with van der Waals surface area (Å²) in [5, 5.41) is 2.46. The molecule has 0 spiro atoms. The molecule has 0 fully saturated rings. The second kappa shape index (κ2) is 5.59. The maximum Gasteiger partial charge on any atom is 0.422 e. The Labute approximate surface area is 108 Å². The highest BCUT2D eigenvalue weighted by Gasteiger charge is 2.29. The van der Waals surface area contributed by atoms with E-state index < -0.39 is 18.9 Å². The number of halogens is 5. The molecule has 0 saturated carbocycles. The first-order valence-electron chi connectivity index (χ1n) is 4.23. The predicted molar refractivity (Wildman–Crippen MR) is 60.2 cm³/mol. The van der Waals surface area contributed by atoms with E-state index in [4.69, 9.17) is 11.6 Å². The van der Waals surface area contributed by atoms with Gasteiger partial charge in [0.2, 0.25) is 0 Å². The monoisotopic (exact) mass is 331 g/mol. The van der Waals surface area contributed by atoms with Crippen LogP contribution in [0.25, 0.3) is 0 Å². The van der Waals surface area contributed by atoms with E-state index in [1.165, 1.54) is 6.07 Å². The summed E-state index contributed by atoms with van der Waals surface area (Å²) in [5.74, 6) is 0. The van der Waals surface area contributed by atoms with Crippen LogP contribution >= 0.6 is 27.5 Å². The molecule has 1 aromatic rings. The molecule has 0 unspecified atom stereocenters. The maximum absolute atomic E-state index is 11.8. The van der Waals surface area contributed by atoms with Gasteiger partial charge in [-0.2, -0.15) is 13.2 Å². The van der Waals surface area contributed by atoms with Crippen LogP contribution in [0.1, 0.15) is 0 Å². The first kappa shape index (κ1) is 14.1. The molecule has 3 nitrogen and oxygen atoms in total. The van der Waals surface area contributed by atoms with Gasteiger partial charge in [-0.05, 0) is 34.1 Å². The number of hydrogen-bond acceptors (Lipinski definition) is 2. The van der Waals surface area contributed by atoms with Crippen molar-refractivity contribution < 1.29 is 22.7 Å².